The van der Waals surface area contributed by atoms with Crippen LogP contribution in [0.3, 0.4) is 0 Å². The molecular formula is C29H30N2O4. The van der Waals surface area contributed by atoms with Crippen LogP contribution in [-0.4, -0.2) is 42.2 Å². The van der Waals surface area contributed by atoms with Crippen LogP contribution < -0.4 is 9.64 Å². The van der Waals surface area contributed by atoms with Crippen molar-refractivity contribution in [3.05, 3.63) is 95.6 Å². The minimum absolute atomic E-state index is 0.0224. The first-order valence-electron chi connectivity index (χ1n) is 12.2. The van der Waals surface area contributed by atoms with Crippen LogP contribution in [0.1, 0.15) is 42.6 Å². The summed E-state index contributed by atoms with van der Waals surface area (Å²) in [6.07, 6.45) is 1.38. The van der Waals surface area contributed by atoms with Crippen LogP contribution in [0.25, 0.3) is 0 Å². The number of hydrogen-bond donors (Lipinski definition) is 1. The Labute approximate surface area is 205 Å². The fourth-order valence-electron chi connectivity index (χ4n) is 4.90. The van der Waals surface area contributed by atoms with Crippen LogP contribution in [-0.2, 0) is 16.0 Å². The molecule has 6 heteroatoms. The second kappa shape index (κ2) is 9.92. The molecule has 2 aliphatic heterocycles. The van der Waals surface area contributed by atoms with E-state index in [4.69, 9.17) is 19.6 Å². The lowest BCUT2D eigenvalue weighted by molar-refractivity contribution is -0.126. The molecule has 0 saturated heterocycles. The number of para-hydroxylation sites is 1. The molecule has 2 aliphatic rings. The molecule has 0 aromatic heterocycles. The number of fused-ring (bicyclic) bond motifs is 1. The first-order valence-corrected chi connectivity index (χ1v) is 12.2. The number of nitrogens with zero attached hydrogens (tertiary/aromatic N) is 2. The first-order chi connectivity index (χ1) is 17.2. The molecule has 35 heavy (non-hydrogen) atoms. The van der Waals surface area contributed by atoms with E-state index in [0.717, 1.165) is 28.8 Å². The van der Waals surface area contributed by atoms with Crippen molar-refractivity contribution in [3.8, 4) is 5.75 Å². The van der Waals surface area contributed by atoms with Gasteiger partial charge in [0.1, 0.15) is 5.75 Å². The molecule has 3 aromatic rings. The quantitative estimate of drug-likeness (QED) is 0.484. The maximum atomic E-state index is 14.2. The Bertz CT molecular complexity index is 1210. The molecule has 1 N–H and O–H groups in total. The summed E-state index contributed by atoms with van der Waals surface area (Å²) in [5.41, 5.74) is 2.72. The highest BCUT2D eigenvalue weighted by Gasteiger charge is 2.57. The third-order valence-electron chi connectivity index (χ3n) is 6.54. The third kappa shape index (κ3) is 4.30. The Morgan fingerprint density at radius 3 is 2.54 bits per heavy atom. The van der Waals surface area contributed by atoms with Gasteiger partial charge >= 0.3 is 0 Å². The van der Waals surface area contributed by atoms with Gasteiger partial charge in [0.15, 0.2) is 11.6 Å². The zero-order valence-corrected chi connectivity index (χ0v) is 19.9. The summed E-state index contributed by atoms with van der Waals surface area (Å²) in [5.74, 6) is 1.16. The van der Waals surface area contributed by atoms with Gasteiger partial charge in [0, 0.05) is 37.2 Å². The molecule has 0 fully saturated rings. The van der Waals surface area contributed by atoms with Crippen LogP contribution in [0.15, 0.2) is 83.9 Å². The van der Waals surface area contributed by atoms with Crippen molar-refractivity contribution in [1.29, 1.82) is 0 Å². The minimum atomic E-state index is -1.07. The summed E-state index contributed by atoms with van der Waals surface area (Å²) in [7, 11) is 0. The van der Waals surface area contributed by atoms with E-state index in [1.165, 1.54) is 0 Å². The lowest BCUT2D eigenvalue weighted by Crippen LogP contribution is -2.55. The lowest BCUT2D eigenvalue weighted by Gasteiger charge is -2.40. The van der Waals surface area contributed by atoms with Gasteiger partial charge in [0.05, 0.1) is 6.61 Å². The van der Waals surface area contributed by atoms with Crippen LogP contribution in [0.4, 0.5) is 5.69 Å². The van der Waals surface area contributed by atoms with E-state index in [1.54, 1.807) is 0 Å². The van der Waals surface area contributed by atoms with E-state index in [9.17, 15) is 4.79 Å². The number of ether oxygens (including phenoxy) is 2. The molecule has 3 aromatic carbocycles. The predicted molar refractivity (Wildman–Crippen MR) is 136 cm³/mol. The van der Waals surface area contributed by atoms with Crippen molar-refractivity contribution in [2.75, 3.05) is 24.7 Å². The average molecular weight is 471 g/mol. The number of carbonyl (C=O) groups excluding carboxylic acids is 1. The Morgan fingerprint density at radius 2 is 1.80 bits per heavy atom. The Morgan fingerprint density at radius 1 is 1.06 bits per heavy atom. The molecule has 6 nitrogen and oxygen atoms in total. The molecule has 180 valence electrons. The second-order valence-corrected chi connectivity index (χ2v) is 8.96. The van der Waals surface area contributed by atoms with Gasteiger partial charge in [-0.05, 0) is 47.9 Å². The van der Waals surface area contributed by atoms with E-state index in [2.05, 4.69) is 13.0 Å². The van der Waals surface area contributed by atoms with E-state index >= 15 is 0 Å². The minimum Gasteiger partial charge on any atom is -0.494 e. The molecule has 0 radical (unpaired) electrons. The van der Waals surface area contributed by atoms with Gasteiger partial charge in [-0.3, -0.25) is 4.79 Å². The second-order valence-electron chi connectivity index (χ2n) is 8.96. The van der Waals surface area contributed by atoms with Gasteiger partial charge in [-0.25, -0.2) is 4.99 Å². The predicted octanol–water partition coefficient (Wildman–Crippen LogP) is 4.70. The summed E-state index contributed by atoms with van der Waals surface area (Å²) >= 11 is 0. The van der Waals surface area contributed by atoms with Crippen molar-refractivity contribution < 1.29 is 19.4 Å². The Hall–Kier alpha value is -3.64. The molecule has 2 heterocycles. The van der Waals surface area contributed by atoms with Crippen molar-refractivity contribution in [1.82, 2.24) is 0 Å². The molecule has 1 spiro atoms. The molecule has 0 saturated carbocycles. The fourth-order valence-corrected chi connectivity index (χ4v) is 4.90. The number of rotatable bonds is 8. The number of benzene rings is 3. The highest BCUT2D eigenvalue weighted by atomic mass is 16.5. The van der Waals surface area contributed by atoms with Gasteiger partial charge in [0.25, 0.3) is 5.91 Å². The molecule has 0 aliphatic carbocycles. The van der Waals surface area contributed by atoms with Gasteiger partial charge < -0.3 is 19.5 Å². The van der Waals surface area contributed by atoms with Crippen LogP contribution in [0.5, 0.6) is 5.75 Å². The number of hydrogen-bond acceptors (Lipinski definition) is 5. The van der Waals surface area contributed by atoms with Gasteiger partial charge in [-0.2, -0.15) is 0 Å². The van der Waals surface area contributed by atoms with Crippen LogP contribution >= 0.6 is 0 Å². The number of aliphatic hydroxyl groups is 1. The zero-order valence-electron chi connectivity index (χ0n) is 19.9. The molecule has 5 rings (SSSR count). The zero-order chi connectivity index (χ0) is 24.3. The average Bonchev–Trinajstić information content (AvgIpc) is 3.28. The maximum absolute atomic E-state index is 14.2. The fraction of sp³-hybridized carbons (Fsp3) is 0.310. The molecular weight excluding hydrogens is 440 g/mol. The summed E-state index contributed by atoms with van der Waals surface area (Å²) < 4.78 is 12.2. The summed E-state index contributed by atoms with van der Waals surface area (Å²) in [5, 5.41) is 8.96. The highest BCUT2D eigenvalue weighted by molar-refractivity contribution is 6.08. The monoisotopic (exact) mass is 470 g/mol. The van der Waals surface area contributed by atoms with Crippen molar-refractivity contribution in [2.24, 2.45) is 4.99 Å². The summed E-state index contributed by atoms with van der Waals surface area (Å²) in [4.78, 5) is 21.1. The van der Waals surface area contributed by atoms with E-state index in [0.29, 0.717) is 37.6 Å². The normalized spacial score (nSPS) is 21.0. The summed E-state index contributed by atoms with van der Waals surface area (Å²) in [6.45, 7) is 3.26. The Kier molecular flexibility index (Phi) is 6.55. The molecule has 0 unspecified atom stereocenters. The van der Waals surface area contributed by atoms with Gasteiger partial charge in [-0.1, -0.05) is 55.5 Å². The van der Waals surface area contributed by atoms with Crippen LogP contribution in [0, 0.1) is 0 Å². The molecule has 1 amide bonds. The highest BCUT2D eigenvalue weighted by Crippen LogP contribution is 2.47. The van der Waals surface area contributed by atoms with Crippen molar-refractivity contribution in [3.63, 3.8) is 0 Å². The SMILES string of the molecule is CCCN1C(=O)[C@]2(Cc3ccccc31)N=C(c1ccc(OCCCO)cc1)O[C@@H]2c1ccccc1. The lowest BCUT2D eigenvalue weighted by atomic mass is 9.78. The standard InChI is InChI=1S/C29H30N2O4/c1-2-17-31-25-12-7-6-11-23(25)20-29(28(31)33)26(21-9-4-3-5-10-21)35-27(30-29)22-13-15-24(16-14-22)34-19-8-18-32/h3-7,9-16,26,32H,2,8,17-20H2,1H3/t26-,29-/m1/s1. The van der Waals surface area contributed by atoms with E-state index in [-0.39, 0.29) is 12.5 Å². The smallest absolute Gasteiger partial charge is 0.259 e. The van der Waals surface area contributed by atoms with Gasteiger partial charge in [0.2, 0.25) is 5.90 Å². The number of anilines is 1. The number of aliphatic hydroxyl groups excluding tert-OH is 1. The number of aliphatic imine (C=N–C) groups is 1. The summed E-state index contributed by atoms with van der Waals surface area (Å²) in [6, 6.07) is 25.5. The number of amides is 1. The van der Waals surface area contributed by atoms with Crippen molar-refractivity contribution >= 4 is 17.5 Å². The van der Waals surface area contributed by atoms with Crippen LogP contribution in [0.2, 0.25) is 0 Å². The maximum Gasteiger partial charge on any atom is 0.259 e. The topological polar surface area (TPSA) is 71.4 Å². The van der Waals surface area contributed by atoms with E-state index in [1.807, 2.05) is 77.7 Å². The van der Waals surface area contributed by atoms with Gasteiger partial charge in [-0.15, -0.1) is 0 Å². The molecule has 2 atom stereocenters. The first kappa shape index (κ1) is 23.1. The van der Waals surface area contributed by atoms with Crippen molar-refractivity contribution in [2.45, 2.75) is 37.8 Å². The largest absolute Gasteiger partial charge is 0.494 e. The molecule has 0 bridgehead atoms. The Balaban J connectivity index is 1.56. The van der Waals surface area contributed by atoms with E-state index < -0.39 is 11.6 Å². The number of carbonyl (C=O) groups is 1. The third-order valence-corrected chi connectivity index (χ3v) is 6.54.